The third-order valence-corrected chi connectivity index (χ3v) is 7.00. The number of nitrogens with zero attached hydrogens (tertiary/aromatic N) is 2. The number of pyridine rings is 1. The van der Waals surface area contributed by atoms with E-state index in [-0.39, 0.29) is 23.9 Å². The number of hydrogen-bond donors (Lipinski definition) is 1. The van der Waals surface area contributed by atoms with E-state index in [0.717, 1.165) is 53.8 Å². The molecule has 2 aliphatic carbocycles. The maximum Gasteiger partial charge on any atom is 0.407 e. The Bertz CT molecular complexity index is 1170. The van der Waals surface area contributed by atoms with E-state index in [9.17, 15) is 9.18 Å². The molecular formula is C27H28FN3O3. The SMILES string of the molecule is CCOC(=O)N[C@@H]1CC[C@@H]2[C@H](Cc3oncc3[C@H]2/C=C/c2ccc(-c3cccc(F)c3)cn2)C1. The molecule has 0 unspecified atom stereocenters. The molecule has 4 atom stereocenters. The lowest BCUT2D eigenvalue weighted by molar-refractivity contribution is 0.126. The normalized spacial score (nSPS) is 23.8. The van der Waals surface area contributed by atoms with E-state index in [4.69, 9.17) is 9.26 Å². The van der Waals surface area contributed by atoms with Gasteiger partial charge >= 0.3 is 6.09 Å². The minimum atomic E-state index is -0.341. The van der Waals surface area contributed by atoms with Gasteiger partial charge in [0.05, 0.1) is 18.5 Å². The minimum Gasteiger partial charge on any atom is -0.450 e. The van der Waals surface area contributed by atoms with Crippen molar-refractivity contribution >= 4 is 12.2 Å². The van der Waals surface area contributed by atoms with E-state index >= 15 is 0 Å². The monoisotopic (exact) mass is 461 g/mol. The molecule has 2 aromatic heterocycles. The number of carbonyl (C=O) groups is 1. The first-order chi connectivity index (χ1) is 16.6. The van der Waals surface area contributed by atoms with Gasteiger partial charge in [0.15, 0.2) is 0 Å². The number of nitrogens with one attached hydrogen (secondary N) is 1. The van der Waals surface area contributed by atoms with Crippen molar-refractivity contribution in [3.63, 3.8) is 0 Å². The van der Waals surface area contributed by atoms with Crippen molar-refractivity contribution in [3.05, 3.63) is 77.7 Å². The summed E-state index contributed by atoms with van der Waals surface area (Å²) < 4.78 is 24.2. The lowest BCUT2D eigenvalue weighted by Gasteiger charge is -2.42. The lowest BCUT2D eigenvalue weighted by Crippen LogP contribution is -2.43. The molecule has 7 heteroatoms. The van der Waals surface area contributed by atoms with Gasteiger partial charge in [-0.2, -0.15) is 0 Å². The molecule has 2 heterocycles. The number of allylic oxidation sites excluding steroid dienone is 1. The summed E-state index contributed by atoms with van der Waals surface area (Å²) in [4.78, 5) is 16.5. The maximum absolute atomic E-state index is 13.5. The summed E-state index contributed by atoms with van der Waals surface area (Å²) >= 11 is 0. The average molecular weight is 462 g/mol. The molecule has 0 radical (unpaired) electrons. The second kappa shape index (κ2) is 9.79. The zero-order chi connectivity index (χ0) is 23.5. The van der Waals surface area contributed by atoms with Crippen LogP contribution in [0.1, 0.15) is 49.1 Å². The molecule has 0 saturated heterocycles. The van der Waals surface area contributed by atoms with E-state index in [1.165, 1.54) is 12.1 Å². The van der Waals surface area contributed by atoms with E-state index in [0.29, 0.717) is 18.4 Å². The van der Waals surface area contributed by atoms with Crippen LogP contribution in [0.5, 0.6) is 0 Å². The highest BCUT2D eigenvalue weighted by Crippen LogP contribution is 2.47. The van der Waals surface area contributed by atoms with Gasteiger partial charge in [0, 0.05) is 35.7 Å². The van der Waals surface area contributed by atoms with Crippen molar-refractivity contribution in [2.45, 2.75) is 44.6 Å². The Morgan fingerprint density at radius 1 is 1.24 bits per heavy atom. The highest BCUT2D eigenvalue weighted by atomic mass is 19.1. The van der Waals surface area contributed by atoms with Crippen LogP contribution in [0.4, 0.5) is 9.18 Å². The summed E-state index contributed by atoms with van der Waals surface area (Å²) in [5, 5.41) is 7.07. The van der Waals surface area contributed by atoms with Crippen LogP contribution in [0, 0.1) is 17.7 Å². The number of benzene rings is 1. The van der Waals surface area contributed by atoms with Gasteiger partial charge in [0.2, 0.25) is 0 Å². The Balaban J connectivity index is 1.32. The second-order valence-corrected chi connectivity index (χ2v) is 9.07. The van der Waals surface area contributed by atoms with Gasteiger partial charge in [-0.1, -0.05) is 29.4 Å². The molecule has 0 aliphatic heterocycles. The summed E-state index contributed by atoms with van der Waals surface area (Å²) in [7, 11) is 0. The maximum atomic E-state index is 13.5. The van der Waals surface area contributed by atoms with Crippen LogP contribution < -0.4 is 5.32 Å². The number of halogens is 1. The van der Waals surface area contributed by atoms with Gasteiger partial charge in [-0.15, -0.1) is 0 Å². The first-order valence-corrected chi connectivity index (χ1v) is 11.9. The first-order valence-electron chi connectivity index (χ1n) is 11.9. The van der Waals surface area contributed by atoms with Crippen molar-refractivity contribution in [1.29, 1.82) is 0 Å². The fraction of sp³-hybridized carbons (Fsp3) is 0.370. The van der Waals surface area contributed by atoms with E-state index in [2.05, 4.69) is 21.5 Å². The van der Waals surface area contributed by atoms with Crippen LogP contribution in [-0.2, 0) is 11.2 Å². The Kier molecular flexibility index (Phi) is 6.43. The number of ether oxygens (including phenoxy) is 1. The lowest BCUT2D eigenvalue weighted by atomic mass is 9.64. The number of rotatable bonds is 5. The van der Waals surface area contributed by atoms with E-state index < -0.39 is 0 Å². The van der Waals surface area contributed by atoms with Crippen LogP contribution >= 0.6 is 0 Å². The predicted octanol–water partition coefficient (Wildman–Crippen LogP) is 5.76. The third-order valence-electron chi connectivity index (χ3n) is 7.00. The molecule has 0 spiro atoms. The molecule has 1 fully saturated rings. The van der Waals surface area contributed by atoms with Crippen LogP contribution in [0.2, 0.25) is 0 Å². The molecule has 3 aromatic rings. The van der Waals surface area contributed by atoms with Gasteiger partial charge in [0.1, 0.15) is 11.6 Å². The number of aromatic nitrogens is 2. The van der Waals surface area contributed by atoms with Crippen molar-refractivity contribution < 1.29 is 18.4 Å². The molecule has 6 nitrogen and oxygen atoms in total. The van der Waals surface area contributed by atoms with Crippen molar-refractivity contribution in [1.82, 2.24) is 15.5 Å². The minimum absolute atomic E-state index is 0.117. The number of amides is 1. The van der Waals surface area contributed by atoms with Gasteiger partial charge in [0.25, 0.3) is 0 Å². The van der Waals surface area contributed by atoms with Crippen LogP contribution in [0.25, 0.3) is 17.2 Å². The predicted molar refractivity (Wildman–Crippen MR) is 126 cm³/mol. The quantitative estimate of drug-likeness (QED) is 0.523. The Labute approximate surface area is 198 Å². The first kappa shape index (κ1) is 22.3. The Hall–Kier alpha value is -3.48. The molecule has 2 aliphatic rings. The number of hydrogen-bond acceptors (Lipinski definition) is 5. The largest absolute Gasteiger partial charge is 0.450 e. The van der Waals surface area contributed by atoms with Crippen LogP contribution in [0.15, 0.2) is 59.4 Å². The second-order valence-electron chi connectivity index (χ2n) is 9.07. The molecule has 5 rings (SSSR count). The smallest absolute Gasteiger partial charge is 0.407 e. The van der Waals surface area contributed by atoms with Crippen molar-refractivity contribution in [2.24, 2.45) is 11.8 Å². The Morgan fingerprint density at radius 3 is 2.94 bits per heavy atom. The fourth-order valence-corrected chi connectivity index (χ4v) is 5.42. The highest BCUT2D eigenvalue weighted by molar-refractivity contribution is 5.67. The molecule has 1 N–H and O–H groups in total. The summed E-state index contributed by atoms with van der Waals surface area (Å²) in [6, 6.07) is 10.5. The fourth-order valence-electron chi connectivity index (χ4n) is 5.42. The standard InChI is InChI=1S/C27H28FN3O3/c1-2-33-27(32)31-22-9-10-23-19(13-22)14-26-25(16-30-34-26)24(23)11-8-21-7-6-18(15-29-21)17-4-3-5-20(28)12-17/h3-8,11-12,15-16,19,22-24H,2,9-10,13-14H2,1H3,(H,31,32)/b11-8+/t19-,22+,23+,24-/m0/s1. The molecule has 1 saturated carbocycles. The average Bonchev–Trinajstić information content (AvgIpc) is 3.30. The van der Waals surface area contributed by atoms with Gasteiger partial charge in [-0.3, -0.25) is 4.98 Å². The van der Waals surface area contributed by atoms with E-state index in [1.807, 2.05) is 37.4 Å². The van der Waals surface area contributed by atoms with Crippen molar-refractivity contribution in [2.75, 3.05) is 6.61 Å². The Morgan fingerprint density at radius 2 is 2.15 bits per heavy atom. The van der Waals surface area contributed by atoms with Gasteiger partial charge in [-0.25, -0.2) is 9.18 Å². The van der Waals surface area contributed by atoms with Crippen LogP contribution in [-0.4, -0.2) is 28.9 Å². The zero-order valence-corrected chi connectivity index (χ0v) is 19.1. The summed E-state index contributed by atoms with van der Waals surface area (Å²) in [5.74, 6) is 1.72. The van der Waals surface area contributed by atoms with E-state index in [1.54, 1.807) is 12.3 Å². The summed E-state index contributed by atoms with van der Waals surface area (Å²) in [5.41, 5.74) is 3.67. The number of fused-ring (bicyclic) bond motifs is 2. The van der Waals surface area contributed by atoms with Crippen molar-refractivity contribution in [3.8, 4) is 11.1 Å². The van der Waals surface area contributed by atoms with Crippen LogP contribution in [0.3, 0.4) is 0 Å². The van der Waals surface area contributed by atoms with Gasteiger partial charge in [-0.05, 0) is 67.9 Å². The number of carbonyl (C=O) groups excluding carboxylic acids is 1. The molecule has 176 valence electrons. The molecule has 1 amide bonds. The summed E-state index contributed by atoms with van der Waals surface area (Å²) in [6.45, 7) is 2.18. The summed E-state index contributed by atoms with van der Waals surface area (Å²) in [6.07, 6.45) is 11.2. The van der Waals surface area contributed by atoms with Gasteiger partial charge < -0.3 is 14.6 Å². The molecule has 1 aromatic carbocycles. The highest BCUT2D eigenvalue weighted by Gasteiger charge is 2.41. The molecule has 0 bridgehead atoms. The topological polar surface area (TPSA) is 77.2 Å². The molecule has 34 heavy (non-hydrogen) atoms. The number of alkyl carbamates (subject to hydrolysis) is 1. The molecular weight excluding hydrogens is 433 g/mol. The third kappa shape index (κ3) is 4.74. The zero-order valence-electron chi connectivity index (χ0n) is 19.1.